The Kier molecular flexibility index (Phi) is 3.50. The molecule has 0 aliphatic heterocycles. The molecule has 0 saturated carbocycles. The Morgan fingerprint density at radius 2 is 2.15 bits per heavy atom. The molecule has 1 rings (SSSR count). The van der Waals surface area contributed by atoms with Crippen LogP contribution in [0.3, 0.4) is 0 Å². The van der Waals surface area contributed by atoms with E-state index in [9.17, 15) is 0 Å². The highest BCUT2D eigenvalue weighted by atomic mass is 15.3. The molecule has 0 heterocycles. The third-order valence-corrected chi connectivity index (χ3v) is 1.58. The molecule has 0 aliphatic rings. The molecule has 2 heteroatoms. The molecular formula is C11H16N2. The number of anilines is 1. The van der Waals surface area contributed by atoms with Crippen LogP contribution in [-0.4, -0.2) is 6.21 Å². The standard InChI is InChI=1S/C11H16N2/c1-9(2)8-12-13-11-6-4-5-10(3)7-11/h4-9,13H,1-3H3/b12-8+. The minimum Gasteiger partial charge on any atom is -0.279 e. The second kappa shape index (κ2) is 4.65. The van der Waals surface area contributed by atoms with Gasteiger partial charge >= 0.3 is 0 Å². The molecule has 0 radical (unpaired) electrons. The van der Waals surface area contributed by atoms with E-state index in [4.69, 9.17) is 0 Å². The zero-order chi connectivity index (χ0) is 9.68. The molecule has 0 amide bonds. The molecule has 0 atom stereocenters. The third-order valence-electron chi connectivity index (χ3n) is 1.58. The number of hydrazone groups is 1. The summed E-state index contributed by atoms with van der Waals surface area (Å²) in [7, 11) is 0. The number of nitrogens with zero attached hydrogens (tertiary/aromatic N) is 1. The van der Waals surface area contributed by atoms with Crippen LogP contribution >= 0.6 is 0 Å². The topological polar surface area (TPSA) is 24.4 Å². The largest absolute Gasteiger partial charge is 0.279 e. The summed E-state index contributed by atoms with van der Waals surface area (Å²) in [4.78, 5) is 0. The van der Waals surface area contributed by atoms with Crippen LogP contribution in [-0.2, 0) is 0 Å². The Labute approximate surface area is 79.7 Å². The summed E-state index contributed by atoms with van der Waals surface area (Å²) < 4.78 is 0. The van der Waals surface area contributed by atoms with Crippen LogP contribution in [0.15, 0.2) is 29.4 Å². The Morgan fingerprint density at radius 3 is 2.77 bits per heavy atom. The van der Waals surface area contributed by atoms with E-state index in [0.717, 1.165) is 5.69 Å². The lowest BCUT2D eigenvalue weighted by atomic mass is 10.2. The van der Waals surface area contributed by atoms with Gasteiger partial charge in [-0.2, -0.15) is 5.10 Å². The Hall–Kier alpha value is -1.31. The molecule has 1 aromatic carbocycles. The summed E-state index contributed by atoms with van der Waals surface area (Å²) in [6, 6.07) is 8.15. The van der Waals surface area contributed by atoms with E-state index in [1.165, 1.54) is 5.56 Å². The van der Waals surface area contributed by atoms with Gasteiger partial charge in [-0.1, -0.05) is 26.0 Å². The molecular weight excluding hydrogens is 160 g/mol. The number of aryl methyl sites for hydroxylation is 1. The molecule has 1 aromatic rings. The highest BCUT2D eigenvalue weighted by molar-refractivity contribution is 5.61. The predicted octanol–water partition coefficient (Wildman–Crippen LogP) is 3.05. The molecule has 0 bridgehead atoms. The minimum atomic E-state index is 0.484. The highest BCUT2D eigenvalue weighted by Crippen LogP contribution is 2.08. The van der Waals surface area contributed by atoms with E-state index >= 15 is 0 Å². The van der Waals surface area contributed by atoms with E-state index in [1.807, 2.05) is 18.3 Å². The zero-order valence-corrected chi connectivity index (χ0v) is 8.41. The maximum atomic E-state index is 4.11. The van der Waals surface area contributed by atoms with E-state index in [2.05, 4.69) is 43.4 Å². The number of nitrogens with one attached hydrogen (secondary N) is 1. The second-order valence-electron chi connectivity index (χ2n) is 3.50. The Balaban J connectivity index is 2.55. The lowest BCUT2D eigenvalue weighted by Crippen LogP contribution is -1.93. The lowest BCUT2D eigenvalue weighted by molar-refractivity contribution is 0.904. The van der Waals surface area contributed by atoms with Crippen LogP contribution in [0, 0.1) is 12.8 Å². The first-order chi connectivity index (χ1) is 6.18. The first kappa shape index (κ1) is 9.78. The zero-order valence-electron chi connectivity index (χ0n) is 8.41. The first-order valence-electron chi connectivity index (χ1n) is 4.54. The van der Waals surface area contributed by atoms with E-state index < -0.39 is 0 Å². The van der Waals surface area contributed by atoms with Gasteiger partial charge in [-0.15, -0.1) is 0 Å². The van der Waals surface area contributed by atoms with Crippen LogP contribution < -0.4 is 5.43 Å². The Morgan fingerprint density at radius 1 is 1.38 bits per heavy atom. The van der Waals surface area contributed by atoms with Crippen molar-refractivity contribution in [3.63, 3.8) is 0 Å². The third kappa shape index (κ3) is 3.74. The molecule has 0 fully saturated rings. The van der Waals surface area contributed by atoms with Gasteiger partial charge in [0.2, 0.25) is 0 Å². The van der Waals surface area contributed by atoms with Crippen molar-refractivity contribution in [3.05, 3.63) is 29.8 Å². The number of rotatable bonds is 3. The summed E-state index contributed by atoms with van der Waals surface area (Å²) in [5, 5.41) is 4.11. The maximum absolute atomic E-state index is 4.11. The van der Waals surface area contributed by atoms with Crippen LogP contribution in [0.4, 0.5) is 5.69 Å². The highest BCUT2D eigenvalue weighted by Gasteiger charge is 1.89. The predicted molar refractivity (Wildman–Crippen MR) is 58.1 cm³/mol. The SMILES string of the molecule is Cc1cccc(N/N=C/C(C)C)c1. The van der Waals surface area contributed by atoms with Gasteiger partial charge < -0.3 is 0 Å². The molecule has 2 nitrogen and oxygen atoms in total. The van der Waals surface area contributed by atoms with E-state index in [1.54, 1.807) is 0 Å². The average molecular weight is 176 g/mol. The van der Waals surface area contributed by atoms with Crippen molar-refractivity contribution in [3.8, 4) is 0 Å². The van der Waals surface area contributed by atoms with Crippen LogP contribution in [0.25, 0.3) is 0 Å². The number of hydrogen-bond donors (Lipinski definition) is 1. The summed E-state index contributed by atoms with van der Waals surface area (Å²) in [5.41, 5.74) is 5.27. The van der Waals surface area contributed by atoms with Crippen molar-refractivity contribution >= 4 is 11.9 Å². The van der Waals surface area contributed by atoms with Gasteiger partial charge in [0.15, 0.2) is 0 Å². The second-order valence-corrected chi connectivity index (χ2v) is 3.50. The number of hydrogen-bond acceptors (Lipinski definition) is 2. The smallest absolute Gasteiger partial charge is 0.0564 e. The van der Waals surface area contributed by atoms with E-state index in [0.29, 0.717) is 5.92 Å². The van der Waals surface area contributed by atoms with Gasteiger partial charge in [0.1, 0.15) is 0 Å². The van der Waals surface area contributed by atoms with Gasteiger partial charge in [0, 0.05) is 6.21 Å². The van der Waals surface area contributed by atoms with Crippen molar-refractivity contribution in [2.24, 2.45) is 11.0 Å². The van der Waals surface area contributed by atoms with Crippen molar-refractivity contribution in [2.75, 3.05) is 5.43 Å². The molecule has 13 heavy (non-hydrogen) atoms. The van der Waals surface area contributed by atoms with Gasteiger partial charge in [0.25, 0.3) is 0 Å². The molecule has 0 aromatic heterocycles. The van der Waals surface area contributed by atoms with Crippen LogP contribution in [0.5, 0.6) is 0 Å². The van der Waals surface area contributed by atoms with Crippen molar-refractivity contribution in [1.82, 2.24) is 0 Å². The van der Waals surface area contributed by atoms with Crippen molar-refractivity contribution < 1.29 is 0 Å². The normalized spacial score (nSPS) is 11.1. The number of benzene rings is 1. The van der Waals surface area contributed by atoms with E-state index in [-0.39, 0.29) is 0 Å². The Bertz CT molecular complexity index is 290. The van der Waals surface area contributed by atoms with Gasteiger partial charge in [-0.05, 0) is 30.5 Å². The molecule has 0 unspecified atom stereocenters. The average Bonchev–Trinajstić information content (AvgIpc) is 2.03. The van der Waals surface area contributed by atoms with Crippen molar-refractivity contribution in [2.45, 2.75) is 20.8 Å². The summed E-state index contributed by atoms with van der Waals surface area (Å²) >= 11 is 0. The fourth-order valence-electron chi connectivity index (χ4n) is 0.975. The van der Waals surface area contributed by atoms with Gasteiger partial charge in [0.05, 0.1) is 5.69 Å². The molecule has 0 saturated heterocycles. The van der Waals surface area contributed by atoms with Gasteiger partial charge in [-0.25, -0.2) is 0 Å². The van der Waals surface area contributed by atoms with Gasteiger partial charge in [-0.3, -0.25) is 5.43 Å². The monoisotopic (exact) mass is 176 g/mol. The molecule has 1 N–H and O–H groups in total. The maximum Gasteiger partial charge on any atom is 0.0564 e. The lowest BCUT2D eigenvalue weighted by Gasteiger charge is -2.01. The van der Waals surface area contributed by atoms with Crippen LogP contribution in [0.1, 0.15) is 19.4 Å². The quantitative estimate of drug-likeness (QED) is 0.555. The summed E-state index contributed by atoms with van der Waals surface area (Å²) in [6.45, 7) is 6.26. The molecule has 70 valence electrons. The summed E-state index contributed by atoms with van der Waals surface area (Å²) in [5.74, 6) is 0.484. The molecule has 0 spiro atoms. The fraction of sp³-hybridized carbons (Fsp3) is 0.364. The molecule has 0 aliphatic carbocycles. The van der Waals surface area contributed by atoms with Crippen LogP contribution in [0.2, 0.25) is 0 Å². The van der Waals surface area contributed by atoms with Crippen molar-refractivity contribution in [1.29, 1.82) is 0 Å². The fourth-order valence-corrected chi connectivity index (χ4v) is 0.975. The minimum absolute atomic E-state index is 0.484. The first-order valence-corrected chi connectivity index (χ1v) is 4.54. The summed E-state index contributed by atoms with van der Waals surface area (Å²) in [6.07, 6.45) is 1.89.